The molecule has 80 valence electrons. The Balaban J connectivity index is 3.36. The lowest BCUT2D eigenvalue weighted by atomic mass is 9.88. The summed E-state index contributed by atoms with van der Waals surface area (Å²) >= 11 is 0. The summed E-state index contributed by atoms with van der Waals surface area (Å²) in [5.74, 6) is 0.458. The molecule has 0 heterocycles. The summed E-state index contributed by atoms with van der Waals surface area (Å²) in [6, 6.07) is 0. The lowest BCUT2D eigenvalue weighted by molar-refractivity contribution is 0.127. The van der Waals surface area contributed by atoms with E-state index in [0.717, 1.165) is 6.42 Å². The Kier molecular flexibility index (Phi) is 5.62. The molecule has 0 aromatic heterocycles. The van der Waals surface area contributed by atoms with Gasteiger partial charge >= 0.3 is 0 Å². The van der Waals surface area contributed by atoms with Gasteiger partial charge in [-0.25, -0.2) is 0 Å². The second-order valence-corrected chi connectivity index (χ2v) is 5.52. The van der Waals surface area contributed by atoms with Gasteiger partial charge in [0.15, 0.2) is 0 Å². The molecule has 0 saturated heterocycles. The van der Waals surface area contributed by atoms with Crippen LogP contribution in [0.2, 0.25) is 0 Å². The van der Waals surface area contributed by atoms with Gasteiger partial charge in [0.1, 0.15) is 0 Å². The van der Waals surface area contributed by atoms with Crippen LogP contribution in [-0.2, 0) is 0 Å². The molecular formula is C12H26O. The first-order valence-corrected chi connectivity index (χ1v) is 5.51. The maximum Gasteiger partial charge on any atom is 0.0537 e. The summed E-state index contributed by atoms with van der Waals surface area (Å²) < 4.78 is 0. The van der Waals surface area contributed by atoms with E-state index in [0.29, 0.717) is 11.3 Å². The SMILES string of the molecule is CC(O)C(C)CCCCC(C)(C)C. The van der Waals surface area contributed by atoms with E-state index in [4.69, 9.17) is 0 Å². The van der Waals surface area contributed by atoms with Gasteiger partial charge in [0, 0.05) is 0 Å². The Morgan fingerprint density at radius 1 is 1.08 bits per heavy atom. The van der Waals surface area contributed by atoms with E-state index in [1.54, 1.807) is 0 Å². The standard InChI is InChI=1S/C12H26O/c1-10(11(2)13)8-6-7-9-12(3,4)5/h10-11,13H,6-9H2,1-5H3. The molecule has 0 bridgehead atoms. The van der Waals surface area contributed by atoms with E-state index < -0.39 is 0 Å². The van der Waals surface area contributed by atoms with Crippen LogP contribution in [0.5, 0.6) is 0 Å². The fourth-order valence-corrected chi connectivity index (χ4v) is 1.36. The van der Waals surface area contributed by atoms with Crippen molar-refractivity contribution in [2.45, 2.75) is 66.4 Å². The first-order valence-electron chi connectivity index (χ1n) is 5.51. The molecular weight excluding hydrogens is 160 g/mol. The van der Waals surface area contributed by atoms with Crippen LogP contribution in [0.1, 0.15) is 60.3 Å². The van der Waals surface area contributed by atoms with Crippen molar-refractivity contribution in [3.63, 3.8) is 0 Å². The van der Waals surface area contributed by atoms with Crippen LogP contribution in [0.4, 0.5) is 0 Å². The largest absolute Gasteiger partial charge is 0.393 e. The number of aliphatic hydroxyl groups excluding tert-OH is 1. The Morgan fingerprint density at radius 2 is 1.62 bits per heavy atom. The Bertz CT molecular complexity index is 122. The average molecular weight is 186 g/mol. The fraction of sp³-hybridized carbons (Fsp3) is 1.00. The third-order valence-corrected chi connectivity index (χ3v) is 2.66. The molecule has 0 aliphatic rings. The van der Waals surface area contributed by atoms with Crippen molar-refractivity contribution in [1.29, 1.82) is 0 Å². The van der Waals surface area contributed by atoms with E-state index in [-0.39, 0.29) is 6.10 Å². The van der Waals surface area contributed by atoms with Crippen molar-refractivity contribution in [2.24, 2.45) is 11.3 Å². The molecule has 0 aliphatic carbocycles. The molecule has 0 rings (SSSR count). The summed E-state index contributed by atoms with van der Waals surface area (Å²) in [5, 5.41) is 9.28. The van der Waals surface area contributed by atoms with E-state index >= 15 is 0 Å². The molecule has 0 aromatic rings. The third-order valence-electron chi connectivity index (χ3n) is 2.66. The zero-order chi connectivity index (χ0) is 10.5. The molecule has 0 spiro atoms. The highest BCUT2D eigenvalue weighted by Gasteiger charge is 2.11. The van der Waals surface area contributed by atoms with Gasteiger partial charge in [0.25, 0.3) is 0 Å². The van der Waals surface area contributed by atoms with Crippen molar-refractivity contribution in [2.75, 3.05) is 0 Å². The molecule has 0 aliphatic heterocycles. The molecule has 1 N–H and O–H groups in total. The number of aliphatic hydroxyl groups is 1. The summed E-state index contributed by atoms with van der Waals surface area (Å²) in [4.78, 5) is 0. The zero-order valence-electron chi connectivity index (χ0n) is 9.93. The zero-order valence-corrected chi connectivity index (χ0v) is 9.93. The first-order chi connectivity index (χ1) is 5.83. The maximum atomic E-state index is 9.28. The van der Waals surface area contributed by atoms with Crippen LogP contribution in [-0.4, -0.2) is 11.2 Å². The second-order valence-electron chi connectivity index (χ2n) is 5.52. The monoisotopic (exact) mass is 186 g/mol. The third kappa shape index (κ3) is 8.29. The minimum atomic E-state index is -0.144. The molecule has 2 atom stereocenters. The normalized spacial score (nSPS) is 17.1. The molecule has 1 heteroatoms. The molecule has 0 aromatic carbocycles. The van der Waals surface area contributed by atoms with Gasteiger partial charge in [0.2, 0.25) is 0 Å². The molecule has 1 nitrogen and oxygen atoms in total. The van der Waals surface area contributed by atoms with Gasteiger partial charge in [-0.3, -0.25) is 0 Å². The van der Waals surface area contributed by atoms with Crippen LogP contribution in [0.3, 0.4) is 0 Å². The number of unbranched alkanes of at least 4 members (excludes halogenated alkanes) is 1. The topological polar surface area (TPSA) is 20.2 Å². The molecule has 13 heavy (non-hydrogen) atoms. The predicted octanol–water partition coefficient (Wildman–Crippen LogP) is 3.61. The Hall–Kier alpha value is -0.0400. The van der Waals surface area contributed by atoms with Crippen LogP contribution in [0, 0.1) is 11.3 Å². The fourth-order valence-electron chi connectivity index (χ4n) is 1.36. The first kappa shape index (κ1) is 13.0. The average Bonchev–Trinajstić information content (AvgIpc) is 1.95. The highest BCUT2D eigenvalue weighted by atomic mass is 16.3. The van der Waals surface area contributed by atoms with E-state index in [2.05, 4.69) is 27.7 Å². The minimum absolute atomic E-state index is 0.144. The van der Waals surface area contributed by atoms with Gasteiger partial charge < -0.3 is 5.11 Å². The second kappa shape index (κ2) is 5.64. The number of hydrogen-bond donors (Lipinski definition) is 1. The summed E-state index contributed by atoms with van der Waals surface area (Å²) in [6.45, 7) is 10.9. The van der Waals surface area contributed by atoms with Crippen molar-refractivity contribution < 1.29 is 5.11 Å². The lowest BCUT2D eigenvalue weighted by Gasteiger charge is -2.19. The van der Waals surface area contributed by atoms with Crippen LogP contribution in [0.15, 0.2) is 0 Å². The van der Waals surface area contributed by atoms with Gasteiger partial charge in [-0.05, 0) is 31.1 Å². The smallest absolute Gasteiger partial charge is 0.0537 e. The maximum absolute atomic E-state index is 9.28. The summed E-state index contributed by atoms with van der Waals surface area (Å²) in [5.41, 5.74) is 0.466. The van der Waals surface area contributed by atoms with Crippen molar-refractivity contribution in [1.82, 2.24) is 0 Å². The molecule has 2 unspecified atom stereocenters. The molecule has 0 radical (unpaired) electrons. The number of rotatable bonds is 5. The molecule has 0 saturated carbocycles. The quantitative estimate of drug-likeness (QED) is 0.650. The minimum Gasteiger partial charge on any atom is -0.393 e. The van der Waals surface area contributed by atoms with Crippen LogP contribution >= 0.6 is 0 Å². The van der Waals surface area contributed by atoms with Gasteiger partial charge in [-0.1, -0.05) is 40.5 Å². The summed E-state index contributed by atoms with van der Waals surface area (Å²) in [7, 11) is 0. The highest BCUT2D eigenvalue weighted by Crippen LogP contribution is 2.23. The predicted molar refractivity (Wildman–Crippen MR) is 58.8 cm³/mol. The molecule has 0 amide bonds. The number of hydrogen-bond acceptors (Lipinski definition) is 1. The summed E-state index contributed by atoms with van der Waals surface area (Å²) in [6.07, 6.45) is 4.85. The van der Waals surface area contributed by atoms with Crippen LogP contribution < -0.4 is 0 Å². The van der Waals surface area contributed by atoms with Gasteiger partial charge in [0.05, 0.1) is 6.10 Å². The van der Waals surface area contributed by atoms with Crippen molar-refractivity contribution in [3.8, 4) is 0 Å². The highest BCUT2D eigenvalue weighted by molar-refractivity contribution is 4.63. The lowest BCUT2D eigenvalue weighted by Crippen LogP contribution is -2.13. The van der Waals surface area contributed by atoms with Crippen molar-refractivity contribution >= 4 is 0 Å². The Labute approximate surface area is 83.5 Å². The Morgan fingerprint density at radius 3 is 2.00 bits per heavy atom. The van der Waals surface area contributed by atoms with Crippen LogP contribution in [0.25, 0.3) is 0 Å². The van der Waals surface area contributed by atoms with E-state index in [1.807, 2.05) is 6.92 Å². The van der Waals surface area contributed by atoms with Crippen molar-refractivity contribution in [3.05, 3.63) is 0 Å². The molecule has 0 fully saturated rings. The van der Waals surface area contributed by atoms with E-state index in [1.165, 1.54) is 19.3 Å². The van der Waals surface area contributed by atoms with E-state index in [9.17, 15) is 5.11 Å². The van der Waals surface area contributed by atoms with Gasteiger partial charge in [-0.2, -0.15) is 0 Å². The van der Waals surface area contributed by atoms with Gasteiger partial charge in [-0.15, -0.1) is 0 Å².